The highest BCUT2D eigenvalue weighted by molar-refractivity contribution is 5.69. The summed E-state index contributed by atoms with van der Waals surface area (Å²) in [4.78, 5) is 2.16. The average molecular weight is 365 g/mol. The zero-order valence-corrected chi connectivity index (χ0v) is 18.0. The molecule has 2 rings (SSSR count). The van der Waals surface area contributed by atoms with Gasteiger partial charge in [0.2, 0.25) is 0 Å². The molecule has 1 aromatic carbocycles. The summed E-state index contributed by atoms with van der Waals surface area (Å²) in [7, 11) is 4.20. The minimum Gasteiger partial charge on any atom is -0.354 e. The number of rotatable bonds is 9. The molecule has 0 aliphatic rings. The van der Waals surface area contributed by atoms with Gasteiger partial charge in [-0.2, -0.15) is 0 Å². The summed E-state index contributed by atoms with van der Waals surface area (Å²) < 4.78 is 2.18. The Labute approximate surface area is 166 Å². The monoisotopic (exact) mass is 364 g/mol. The number of aromatic nitrogens is 1. The van der Waals surface area contributed by atoms with E-state index in [2.05, 4.69) is 94.4 Å². The van der Waals surface area contributed by atoms with Crippen molar-refractivity contribution in [1.29, 1.82) is 0 Å². The molecule has 0 bridgehead atoms. The summed E-state index contributed by atoms with van der Waals surface area (Å²) in [5, 5.41) is 0. The highest BCUT2D eigenvalue weighted by Gasteiger charge is 2.15. The summed E-state index contributed by atoms with van der Waals surface area (Å²) in [6.07, 6.45) is 8.80. The van der Waals surface area contributed by atoms with E-state index in [-0.39, 0.29) is 0 Å². The van der Waals surface area contributed by atoms with Crippen LogP contribution >= 0.6 is 0 Å². The third kappa shape index (κ3) is 5.15. The van der Waals surface area contributed by atoms with Crippen LogP contribution in [0.5, 0.6) is 0 Å². The lowest BCUT2D eigenvalue weighted by Gasteiger charge is -2.23. The van der Waals surface area contributed by atoms with Gasteiger partial charge >= 0.3 is 0 Å². The van der Waals surface area contributed by atoms with Gasteiger partial charge < -0.3 is 9.47 Å². The van der Waals surface area contributed by atoms with Crippen LogP contribution < -0.4 is 0 Å². The third-order valence-electron chi connectivity index (χ3n) is 5.78. The molecule has 1 atom stereocenters. The molecule has 1 aromatic heterocycles. The molecule has 2 aromatic rings. The lowest BCUT2D eigenvalue weighted by Crippen LogP contribution is -2.12. The molecule has 0 saturated heterocycles. The van der Waals surface area contributed by atoms with Crippen molar-refractivity contribution >= 4 is 5.70 Å². The Hall–Kier alpha value is -2.22. The van der Waals surface area contributed by atoms with E-state index >= 15 is 0 Å². The molecule has 0 radical (unpaired) electrons. The largest absolute Gasteiger partial charge is 0.354 e. The van der Waals surface area contributed by atoms with Crippen molar-refractivity contribution in [2.24, 2.45) is 7.05 Å². The number of nitrogens with zero attached hydrogens (tertiary/aromatic N) is 2. The van der Waals surface area contributed by atoms with Crippen LogP contribution in [0.15, 0.2) is 54.9 Å². The fourth-order valence-corrected chi connectivity index (χ4v) is 3.93. The summed E-state index contributed by atoms with van der Waals surface area (Å²) in [6.45, 7) is 12.9. The standard InChI is InChI=1S/C25H36N2/c1-8-22(23-15-10-12-19(3)18-23)14-11-13-20(4)25(26(6)9-2)24-16-17-27(7)21(24)5/h9-10,12,15-18,22H,2,8,11,13-14H2,1,3-7H3/b25-20+. The second-order valence-corrected chi connectivity index (χ2v) is 7.76. The first kappa shape index (κ1) is 21.1. The highest BCUT2D eigenvalue weighted by Crippen LogP contribution is 2.31. The van der Waals surface area contributed by atoms with Crippen molar-refractivity contribution in [3.8, 4) is 0 Å². The van der Waals surface area contributed by atoms with Gasteiger partial charge in [-0.15, -0.1) is 0 Å². The third-order valence-corrected chi connectivity index (χ3v) is 5.78. The Morgan fingerprint density at radius 3 is 2.56 bits per heavy atom. The molecule has 0 N–H and O–H groups in total. The number of hydrogen-bond acceptors (Lipinski definition) is 1. The van der Waals surface area contributed by atoms with Crippen LogP contribution in [0.4, 0.5) is 0 Å². The zero-order chi connectivity index (χ0) is 20.0. The minimum atomic E-state index is 0.650. The van der Waals surface area contributed by atoms with E-state index in [9.17, 15) is 0 Å². The maximum absolute atomic E-state index is 3.98. The molecular formula is C25H36N2. The van der Waals surface area contributed by atoms with E-state index in [0.29, 0.717) is 5.92 Å². The molecule has 0 aliphatic carbocycles. The number of aryl methyl sites for hydroxylation is 2. The van der Waals surface area contributed by atoms with Crippen molar-refractivity contribution in [2.45, 2.75) is 59.3 Å². The predicted octanol–water partition coefficient (Wildman–Crippen LogP) is 6.81. The molecule has 27 heavy (non-hydrogen) atoms. The van der Waals surface area contributed by atoms with Gasteiger partial charge in [0.05, 0.1) is 0 Å². The van der Waals surface area contributed by atoms with Crippen LogP contribution in [0.25, 0.3) is 5.70 Å². The SMILES string of the molecule is C=CN(C)/C(=C(\C)CCCC(CC)c1cccc(C)c1)c1ccn(C)c1C. The minimum absolute atomic E-state index is 0.650. The molecular weight excluding hydrogens is 328 g/mol. The Morgan fingerprint density at radius 1 is 1.26 bits per heavy atom. The van der Waals surface area contributed by atoms with E-state index in [4.69, 9.17) is 0 Å². The Kier molecular flexibility index (Phi) is 7.53. The topological polar surface area (TPSA) is 8.17 Å². The zero-order valence-electron chi connectivity index (χ0n) is 18.0. The smallest absolute Gasteiger partial charge is 0.0484 e. The van der Waals surface area contributed by atoms with Crippen molar-refractivity contribution < 1.29 is 0 Å². The van der Waals surface area contributed by atoms with Crippen LogP contribution in [-0.4, -0.2) is 16.5 Å². The Morgan fingerprint density at radius 2 is 2.00 bits per heavy atom. The molecule has 1 unspecified atom stereocenters. The molecule has 0 amide bonds. The molecule has 2 heteroatoms. The van der Waals surface area contributed by atoms with Gasteiger partial charge in [0, 0.05) is 37.2 Å². The first-order chi connectivity index (χ1) is 12.9. The van der Waals surface area contributed by atoms with E-state index in [1.165, 1.54) is 52.9 Å². The molecule has 1 heterocycles. The lowest BCUT2D eigenvalue weighted by atomic mass is 9.89. The van der Waals surface area contributed by atoms with Crippen LogP contribution in [0, 0.1) is 13.8 Å². The van der Waals surface area contributed by atoms with E-state index < -0.39 is 0 Å². The van der Waals surface area contributed by atoms with Gasteiger partial charge in [-0.05, 0) is 75.8 Å². The Bertz CT molecular complexity index is 794. The van der Waals surface area contributed by atoms with Gasteiger partial charge in [0.15, 0.2) is 0 Å². The maximum Gasteiger partial charge on any atom is 0.0484 e. The quantitative estimate of drug-likeness (QED) is 0.474. The van der Waals surface area contributed by atoms with Crippen LogP contribution in [0.2, 0.25) is 0 Å². The second kappa shape index (κ2) is 9.64. The first-order valence-corrected chi connectivity index (χ1v) is 10.1. The highest BCUT2D eigenvalue weighted by atomic mass is 15.1. The molecule has 0 saturated carbocycles. The predicted molar refractivity (Wildman–Crippen MR) is 119 cm³/mol. The van der Waals surface area contributed by atoms with Gasteiger partial charge in [-0.25, -0.2) is 0 Å². The first-order valence-electron chi connectivity index (χ1n) is 10.1. The Balaban J connectivity index is 2.15. The summed E-state index contributed by atoms with van der Waals surface area (Å²) in [5.74, 6) is 0.650. The van der Waals surface area contributed by atoms with Gasteiger partial charge in [0.25, 0.3) is 0 Å². The van der Waals surface area contributed by atoms with Gasteiger partial charge in [-0.3, -0.25) is 0 Å². The number of hydrogen-bond donors (Lipinski definition) is 0. The van der Waals surface area contributed by atoms with E-state index in [1.807, 2.05) is 6.20 Å². The molecule has 146 valence electrons. The lowest BCUT2D eigenvalue weighted by molar-refractivity contribution is 0.570. The normalized spacial score (nSPS) is 13.3. The van der Waals surface area contributed by atoms with E-state index in [0.717, 1.165) is 6.42 Å². The molecule has 0 aliphatic heterocycles. The van der Waals surface area contributed by atoms with Crippen LogP contribution in [0.3, 0.4) is 0 Å². The van der Waals surface area contributed by atoms with Gasteiger partial charge in [-0.1, -0.05) is 43.3 Å². The molecule has 2 nitrogen and oxygen atoms in total. The second-order valence-electron chi connectivity index (χ2n) is 7.76. The molecule has 0 fully saturated rings. The fourth-order valence-electron chi connectivity index (χ4n) is 3.93. The maximum atomic E-state index is 3.98. The van der Waals surface area contributed by atoms with Crippen molar-refractivity contribution in [2.75, 3.05) is 7.05 Å². The van der Waals surface area contributed by atoms with Crippen molar-refractivity contribution in [3.63, 3.8) is 0 Å². The van der Waals surface area contributed by atoms with Crippen LogP contribution in [0.1, 0.15) is 67.8 Å². The molecule has 0 spiro atoms. The van der Waals surface area contributed by atoms with Crippen LogP contribution in [-0.2, 0) is 7.05 Å². The van der Waals surface area contributed by atoms with E-state index in [1.54, 1.807) is 0 Å². The summed E-state index contributed by atoms with van der Waals surface area (Å²) >= 11 is 0. The number of benzene rings is 1. The van der Waals surface area contributed by atoms with Gasteiger partial charge in [0.1, 0.15) is 0 Å². The summed E-state index contributed by atoms with van der Waals surface area (Å²) in [6, 6.07) is 11.2. The summed E-state index contributed by atoms with van der Waals surface area (Å²) in [5.41, 5.74) is 8.18. The average Bonchev–Trinajstić information content (AvgIpc) is 2.98. The number of allylic oxidation sites excluding steroid dienone is 1. The fraction of sp³-hybridized carbons (Fsp3) is 0.440. The van der Waals surface area contributed by atoms with Crippen molar-refractivity contribution in [3.05, 3.63) is 77.3 Å². The van der Waals surface area contributed by atoms with Crippen molar-refractivity contribution in [1.82, 2.24) is 9.47 Å².